The molecule has 0 heterocycles. The molecule has 0 bridgehead atoms. The van der Waals surface area contributed by atoms with Gasteiger partial charge in [0.2, 0.25) is 0 Å². The highest BCUT2D eigenvalue weighted by Gasteiger charge is 2.15. The minimum atomic E-state index is -0.509. The van der Waals surface area contributed by atoms with Crippen molar-refractivity contribution < 1.29 is 19.1 Å². The summed E-state index contributed by atoms with van der Waals surface area (Å²) in [6, 6.07) is 0. The second kappa shape index (κ2) is 11.5. The lowest BCUT2D eigenvalue weighted by molar-refractivity contribution is 0.0531. The van der Waals surface area contributed by atoms with E-state index in [0.29, 0.717) is 18.9 Å². The quantitative estimate of drug-likeness (QED) is 0.403. The van der Waals surface area contributed by atoms with Gasteiger partial charge in [-0.25, -0.2) is 9.59 Å². The van der Waals surface area contributed by atoms with Crippen LogP contribution in [0.15, 0.2) is 0 Å². The van der Waals surface area contributed by atoms with E-state index in [4.69, 9.17) is 15.9 Å². The lowest BCUT2D eigenvalue weighted by atomic mass is 10.2. The van der Waals surface area contributed by atoms with Crippen LogP contribution in [0.25, 0.3) is 0 Å². The first-order valence-corrected chi connectivity index (χ1v) is 8.89. The predicted octanol–water partition coefficient (Wildman–Crippen LogP) is 2.25. The standard InChI is InChI=1S/C13H22N2O4S2/c1-5-6-14-11(16)18-8-10-21-20-9-7-15-12(17)19-13(2,3)4/h1H,6-10H2,2-4H3,(H,14,16)(H,15,17). The van der Waals surface area contributed by atoms with Crippen molar-refractivity contribution in [2.45, 2.75) is 26.4 Å². The first-order valence-electron chi connectivity index (χ1n) is 6.40. The highest BCUT2D eigenvalue weighted by molar-refractivity contribution is 8.76. The summed E-state index contributed by atoms with van der Waals surface area (Å²) in [6.07, 6.45) is 4.06. The zero-order chi connectivity index (χ0) is 16.1. The highest BCUT2D eigenvalue weighted by atomic mass is 33.1. The van der Waals surface area contributed by atoms with E-state index in [2.05, 4.69) is 16.6 Å². The van der Waals surface area contributed by atoms with Gasteiger partial charge in [0.1, 0.15) is 12.2 Å². The number of ether oxygens (including phenoxy) is 2. The van der Waals surface area contributed by atoms with E-state index >= 15 is 0 Å². The Morgan fingerprint density at radius 1 is 1.14 bits per heavy atom. The Morgan fingerprint density at radius 3 is 2.43 bits per heavy atom. The van der Waals surface area contributed by atoms with E-state index in [1.807, 2.05) is 20.8 Å². The number of carbonyl (C=O) groups is 2. The van der Waals surface area contributed by atoms with Gasteiger partial charge in [0.05, 0.1) is 6.54 Å². The average molecular weight is 334 g/mol. The van der Waals surface area contributed by atoms with Crippen molar-refractivity contribution in [2.24, 2.45) is 0 Å². The van der Waals surface area contributed by atoms with Crippen LogP contribution >= 0.6 is 21.6 Å². The summed E-state index contributed by atoms with van der Waals surface area (Å²) >= 11 is 0. The van der Waals surface area contributed by atoms with Crippen LogP contribution in [0.5, 0.6) is 0 Å². The molecule has 2 N–H and O–H groups in total. The van der Waals surface area contributed by atoms with Crippen LogP contribution in [0.4, 0.5) is 9.59 Å². The molecule has 0 atom stereocenters. The fourth-order valence-corrected chi connectivity index (χ4v) is 2.70. The van der Waals surface area contributed by atoms with Crippen LogP contribution in [-0.2, 0) is 9.47 Å². The first-order chi connectivity index (χ1) is 9.85. The van der Waals surface area contributed by atoms with Gasteiger partial charge in [-0.15, -0.1) is 6.42 Å². The number of hydrogen-bond acceptors (Lipinski definition) is 6. The topological polar surface area (TPSA) is 76.7 Å². The second-order valence-corrected chi connectivity index (χ2v) is 7.47. The zero-order valence-electron chi connectivity index (χ0n) is 12.6. The van der Waals surface area contributed by atoms with Crippen molar-refractivity contribution in [2.75, 3.05) is 31.2 Å². The highest BCUT2D eigenvalue weighted by Crippen LogP contribution is 2.19. The second-order valence-electron chi connectivity index (χ2n) is 4.77. The molecular formula is C13H22N2O4S2. The molecule has 8 heteroatoms. The Balaban J connectivity index is 3.35. The summed E-state index contributed by atoms with van der Waals surface area (Å²) in [5.74, 6) is 3.69. The predicted molar refractivity (Wildman–Crippen MR) is 87.3 cm³/mol. The summed E-state index contributed by atoms with van der Waals surface area (Å²) in [7, 11) is 3.15. The van der Waals surface area contributed by atoms with Crippen molar-refractivity contribution >= 4 is 33.8 Å². The Bertz CT molecular complexity index is 364. The van der Waals surface area contributed by atoms with Gasteiger partial charge in [-0.1, -0.05) is 27.5 Å². The summed E-state index contributed by atoms with van der Waals surface area (Å²) in [6.45, 7) is 6.45. The molecule has 21 heavy (non-hydrogen) atoms. The van der Waals surface area contributed by atoms with Gasteiger partial charge < -0.3 is 20.1 Å². The SMILES string of the molecule is C#CCNC(=O)OCCSSCCNC(=O)OC(C)(C)C. The molecule has 0 aromatic carbocycles. The Kier molecular flexibility index (Phi) is 10.8. The van der Waals surface area contributed by atoms with Crippen molar-refractivity contribution in [1.29, 1.82) is 0 Å². The van der Waals surface area contributed by atoms with E-state index in [9.17, 15) is 9.59 Å². The molecule has 0 unspecified atom stereocenters. The zero-order valence-corrected chi connectivity index (χ0v) is 14.2. The van der Waals surface area contributed by atoms with Crippen LogP contribution in [0.3, 0.4) is 0 Å². The van der Waals surface area contributed by atoms with Gasteiger partial charge in [-0.2, -0.15) is 0 Å². The molecular weight excluding hydrogens is 312 g/mol. The number of terminal acetylenes is 1. The molecule has 0 saturated heterocycles. The van der Waals surface area contributed by atoms with Crippen LogP contribution in [0.1, 0.15) is 20.8 Å². The molecule has 0 radical (unpaired) electrons. The van der Waals surface area contributed by atoms with Crippen molar-refractivity contribution in [1.82, 2.24) is 10.6 Å². The summed E-state index contributed by atoms with van der Waals surface area (Å²) < 4.78 is 9.97. The van der Waals surface area contributed by atoms with E-state index in [-0.39, 0.29) is 6.54 Å². The van der Waals surface area contributed by atoms with E-state index in [1.54, 1.807) is 21.6 Å². The first kappa shape index (κ1) is 19.8. The molecule has 120 valence electrons. The van der Waals surface area contributed by atoms with E-state index < -0.39 is 17.8 Å². The number of nitrogens with one attached hydrogen (secondary N) is 2. The molecule has 0 aliphatic rings. The molecule has 0 rings (SSSR count). The number of hydrogen-bond donors (Lipinski definition) is 2. The normalized spacial score (nSPS) is 10.4. The molecule has 0 fully saturated rings. The van der Waals surface area contributed by atoms with Crippen molar-refractivity contribution in [3.63, 3.8) is 0 Å². The third kappa shape index (κ3) is 15.0. The van der Waals surface area contributed by atoms with Gasteiger partial charge in [0, 0.05) is 18.1 Å². The minimum Gasteiger partial charge on any atom is -0.449 e. The molecule has 6 nitrogen and oxygen atoms in total. The Labute approximate surface area is 133 Å². The summed E-state index contributed by atoms with van der Waals surface area (Å²) in [5, 5.41) is 5.06. The van der Waals surface area contributed by atoms with Gasteiger partial charge >= 0.3 is 12.2 Å². The van der Waals surface area contributed by atoms with Gasteiger partial charge in [0.15, 0.2) is 0 Å². The van der Waals surface area contributed by atoms with Gasteiger partial charge in [-0.3, -0.25) is 0 Å². The maximum absolute atomic E-state index is 11.3. The maximum atomic E-state index is 11.3. The number of amides is 2. The lowest BCUT2D eigenvalue weighted by Gasteiger charge is -2.19. The molecule has 0 spiro atoms. The monoisotopic (exact) mass is 334 g/mol. The Hall–Kier alpha value is -1.20. The van der Waals surface area contributed by atoms with E-state index in [0.717, 1.165) is 5.75 Å². The third-order valence-electron chi connectivity index (χ3n) is 1.67. The largest absolute Gasteiger partial charge is 0.449 e. The molecule has 0 saturated carbocycles. The van der Waals surface area contributed by atoms with Crippen LogP contribution in [0, 0.1) is 12.3 Å². The van der Waals surface area contributed by atoms with Crippen molar-refractivity contribution in [3.8, 4) is 12.3 Å². The fraction of sp³-hybridized carbons (Fsp3) is 0.692. The molecule has 2 amide bonds. The molecule has 0 aromatic heterocycles. The number of rotatable bonds is 8. The lowest BCUT2D eigenvalue weighted by Crippen LogP contribution is -2.33. The Morgan fingerprint density at radius 2 is 1.81 bits per heavy atom. The van der Waals surface area contributed by atoms with Crippen LogP contribution in [-0.4, -0.2) is 49.0 Å². The molecule has 0 aromatic rings. The smallest absolute Gasteiger partial charge is 0.407 e. The summed E-state index contributed by atoms with van der Waals surface area (Å²) in [5.41, 5.74) is -0.483. The van der Waals surface area contributed by atoms with Crippen LogP contribution in [0.2, 0.25) is 0 Å². The number of alkyl carbamates (subject to hydrolysis) is 2. The van der Waals surface area contributed by atoms with Crippen LogP contribution < -0.4 is 10.6 Å². The maximum Gasteiger partial charge on any atom is 0.407 e. The minimum absolute atomic E-state index is 0.164. The van der Waals surface area contributed by atoms with Crippen molar-refractivity contribution in [3.05, 3.63) is 0 Å². The molecule has 0 aliphatic heterocycles. The number of carbonyl (C=O) groups excluding carboxylic acids is 2. The fourth-order valence-electron chi connectivity index (χ4n) is 0.969. The van der Waals surface area contributed by atoms with Gasteiger partial charge in [-0.05, 0) is 20.8 Å². The van der Waals surface area contributed by atoms with E-state index in [1.165, 1.54) is 0 Å². The summed E-state index contributed by atoms with van der Waals surface area (Å²) in [4.78, 5) is 22.3. The van der Waals surface area contributed by atoms with Gasteiger partial charge in [0.25, 0.3) is 0 Å². The average Bonchev–Trinajstić information content (AvgIpc) is 2.37. The molecule has 0 aliphatic carbocycles. The third-order valence-corrected chi connectivity index (χ3v) is 4.04.